The number of allylic oxidation sites excluding steroid dienone is 1. The maximum absolute atomic E-state index is 9.90. The van der Waals surface area contributed by atoms with Crippen molar-refractivity contribution in [1.29, 1.82) is 0 Å². The molecule has 0 N–H and O–H groups in total. The Morgan fingerprint density at radius 3 is 2.00 bits per heavy atom. The summed E-state index contributed by atoms with van der Waals surface area (Å²) in [6.07, 6.45) is 4.64. The normalized spacial score (nSPS) is 12.7. The van der Waals surface area contributed by atoms with Crippen LogP contribution in [0.15, 0.2) is 12.7 Å². The Labute approximate surface area is 54.6 Å². The maximum Gasteiger partial charge on any atom is 0.210 e. The van der Waals surface area contributed by atoms with E-state index in [4.69, 9.17) is 0 Å². The van der Waals surface area contributed by atoms with Gasteiger partial charge in [-0.1, -0.05) is 13.0 Å². The molecule has 2 radical (unpaired) electrons. The predicted molar refractivity (Wildman–Crippen MR) is 34.2 cm³/mol. The van der Waals surface area contributed by atoms with Crippen molar-refractivity contribution in [3.8, 4) is 0 Å². The van der Waals surface area contributed by atoms with E-state index >= 15 is 0 Å². The van der Waals surface area contributed by atoms with Crippen molar-refractivity contribution in [3.63, 3.8) is 0 Å². The Hall–Kier alpha value is -0.920. The van der Waals surface area contributed by atoms with Gasteiger partial charge in [-0.05, 0) is 5.92 Å². The number of hydrogen-bond donors (Lipinski definition) is 0. The summed E-state index contributed by atoms with van der Waals surface area (Å²) in [7, 11) is 0. The summed E-state index contributed by atoms with van der Waals surface area (Å²) >= 11 is 0. The van der Waals surface area contributed by atoms with E-state index in [0.29, 0.717) is 0 Å². The van der Waals surface area contributed by atoms with E-state index in [1.54, 1.807) is 19.5 Å². The molecular formula is C7H8O2. The Balaban J connectivity index is 3.92. The summed E-state index contributed by atoms with van der Waals surface area (Å²) < 4.78 is 0. The van der Waals surface area contributed by atoms with Gasteiger partial charge in [0.05, 0.1) is 5.92 Å². The highest BCUT2D eigenvalue weighted by molar-refractivity contribution is 5.78. The lowest BCUT2D eigenvalue weighted by Crippen LogP contribution is -2.11. The minimum absolute atomic E-state index is 0.153. The summed E-state index contributed by atoms with van der Waals surface area (Å²) in [5.41, 5.74) is 0. The molecular weight excluding hydrogens is 116 g/mol. The molecule has 0 saturated carbocycles. The first kappa shape index (κ1) is 8.08. The van der Waals surface area contributed by atoms with E-state index in [2.05, 4.69) is 6.58 Å². The average Bonchev–Trinajstić information content (AvgIpc) is 1.90. The standard InChI is InChI=1S/C7H8O2/c1-3-6(2)7(4-8)5-9/h3,6-7H,1H2,2H3. The third kappa shape index (κ3) is 2.22. The first-order valence-corrected chi connectivity index (χ1v) is 2.64. The van der Waals surface area contributed by atoms with Crippen LogP contribution in [0.25, 0.3) is 0 Å². The van der Waals surface area contributed by atoms with E-state index in [-0.39, 0.29) is 5.92 Å². The molecule has 0 rings (SSSR count). The van der Waals surface area contributed by atoms with Gasteiger partial charge in [0.15, 0.2) is 0 Å². The highest BCUT2D eigenvalue weighted by Crippen LogP contribution is 2.05. The van der Waals surface area contributed by atoms with Crippen LogP contribution in [0.4, 0.5) is 0 Å². The van der Waals surface area contributed by atoms with Gasteiger partial charge in [0.25, 0.3) is 0 Å². The van der Waals surface area contributed by atoms with Gasteiger partial charge in [0, 0.05) is 0 Å². The molecule has 0 aliphatic carbocycles. The van der Waals surface area contributed by atoms with Gasteiger partial charge in [0.2, 0.25) is 12.6 Å². The van der Waals surface area contributed by atoms with Crippen LogP contribution in [-0.4, -0.2) is 12.6 Å². The molecule has 0 aromatic carbocycles. The molecule has 0 aromatic rings. The second-order valence-electron chi connectivity index (χ2n) is 1.81. The van der Waals surface area contributed by atoms with Crippen LogP contribution < -0.4 is 0 Å². The minimum atomic E-state index is -0.762. The first-order chi connectivity index (χ1) is 4.26. The zero-order chi connectivity index (χ0) is 7.28. The molecule has 0 heterocycles. The molecule has 1 unspecified atom stereocenters. The molecule has 0 aromatic heterocycles. The first-order valence-electron chi connectivity index (χ1n) is 2.64. The zero-order valence-electron chi connectivity index (χ0n) is 5.26. The SMILES string of the molecule is C=CC(C)C([C]=O)[C]=O. The van der Waals surface area contributed by atoms with Gasteiger partial charge >= 0.3 is 0 Å². The van der Waals surface area contributed by atoms with Crippen LogP contribution in [0.2, 0.25) is 0 Å². The summed E-state index contributed by atoms with van der Waals surface area (Å²) in [6.45, 7) is 5.14. The summed E-state index contributed by atoms with van der Waals surface area (Å²) in [4.78, 5) is 19.8. The third-order valence-electron chi connectivity index (χ3n) is 1.15. The highest BCUT2D eigenvalue weighted by atomic mass is 16.1. The molecule has 0 amide bonds. The predicted octanol–water partition coefficient (Wildman–Crippen LogP) is 0.644. The van der Waals surface area contributed by atoms with Gasteiger partial charge in [-0.2, -0.15) is 0 Å². The molecule has 48 valence electrons. The van der Waals surface area contributed by atoms with Crippen LogP contribution in [0.5, 0.6) is 0 Å². The lowest BCUT2D eigenvalue weighted by atomic mass is 9.98. The van der Waals surface area contributed by atoms with E-state index in [9.17, 15) is 9.59 Å². The summed E-state index contributed by atoms with van der Waals surface area (Å²) in [5, 5.41) is 0. The molecule has 2 heteroatoms. The molecule has 2 nitrogen and oxygen atoms in total. The van der Waals surface area contributed by atoms with Crippen LogP contribution >= 0.6 is 0 Å². The number of hydrogen-bond acceptors (Lipinski definition) is 2. The quantitative estimate of drug-likeness (QED) is 0.407. The Kier molecular flexibility index (Phi) is 3.60. The summed E-state index contributed by atoms with van der Waals surface area (Å²) in [6, 6.07) is 0. The molecule has 0 aliphatic heterocycles. The van der Waals surface area contributed by atoms with Crippen LogP contribution in [0.3, 0.4) is 0 Å². The van der Waals surface area contributed by atoms with Crippen LogP contribution in [0.1, 0.15) is 6.92 Å². The van der Waals surface area contributed by atoms with Gasteiger partial charge in [0.1, 0.15) is 0 Å². The summed E-state index contributed by atoms with van der Waals surface area (Å²) in [5.74, 6) is -0.914. The van der Waals surface area contributed by atoms with Crippen LogP contribution in [0, 0.1) is 11.8 Å². The number of carbonyl (C=O) groups excluding carboxylic acids is 2. The van der Waals surface area contributed by atoms with Crippen molar-refractivity contribution >= 4 is 12.6 Å². The lowest BCUT2D eigenvalue weighted by Gasteiger charge is -2.02. The highest BCUT2D eigenvalue weighted by Gasteiger charge is 2.13. The van der Waals surface area contributed by atoms with Crippen molar-refractivity contribution in [2.24, 2.45) is 11.8 Å². The maximum atomic E-state index is 9.90. The van der Waals surface area contributed by atoms with Gasteiger partial charge < -0.3 is 0 Å². The van der Waals surface area contributed by atoms with Gasteiger partial charge in [-0.3, -0.25) is 9.59 Å². The molecule has 0 spiro atoms. The average molecular weight is 124 g/mol. The van der Waals surface area contributed by atoms with Crippen molar-refractivity contribution in [2.75, 3.05) is 0 Å². The molecule has 0 bridgehead atoms. The Bertz CT molecular complexity index is 110. The van der Waals surface area contributed by atoms with Crippen LogP contribution in [-0.2, 0) is 9.59 Å². The topological polar surface area (TPSA) is 34.1 Å². The lowest BCUT2D eigenvalue weighted by molar-refractivity contribution is 0.493. The second kappa shape index (κ2) is 4.01. The zero-order valence-corrected chi connectivity index (χ0v) is 5.26. The van der Waals surface area contributed by atoms with Crippen molar-refractivity contribution in [2.45, 2.75) is 6.92 Å². The minimum Gasteiger partial charge on any atom is -0.290 e. The monoisotopic (exact) mass is 124 g/mol. The smallest absolute Gasteiger partial charge is 0.210 e. The van der Waals surface area contributed by atoms with Gasteiger partial charge in [-0.25, -0.2) is 0 Å². The Morgan fingerprint density at radius 1 is 1.44 bits per heavy atom. The fraction of sp³-hybridized carbons (Fsp3) is 0.429. The van der Waals surface area contributed by atoms with Crippen molar-refractivity contribution < 1.29 is 9.59 Å². The van der Waals surface area contributed by atoms with E-state index in [0.717, 1.165) is 0 Å². The molecule has 9 heavy (non-hydrogen) atoms. The second-order valence-corrected chi connectivity index (χ2v) is 1.81. The third-order valence-corrected chi connectivity index (χ3v) is 1.15. The largest absolute Gasteiger partial charge is 0.290 e. The molecule has 1 atom stereocenters. The molecule has 0 fully saturated rings. The fourth-order valence-corrected chi connectivity index (χ4v) is 0.375. The number of rotatable bonds is 4. The fourth-order valence-electron chi connectivity index (χ4n) is 0.375. The molecule has 0 aliphatic rings. The van der Waals surface area contributed by atoms with Crippen molar-refractivity contribution in [3.05, 3.63) is 12.7 Å². The Morgan fingerprint density at radius 2 is 1.89 bits per heavy atom. The van der Waals surface area contributed by atoms with Gasteiger partial charge in [-0.15, -0.1) is 6.58 Å². The molecule has 0 saturated heterocycles. The van der Waals surface area contributed by atoms with Crippen molar-refractivity contribution in [1.82, 2.24) is 0 Å². The van der Waals surface area contributed by atoms with E-state index in [1.807, 2.05) is 0 Å². The van der Waals surface area contributed by atoms with E-state index < -0.39 is 5.92 Å². The van der Waals surface area contributed by atoms with E-state index in [1.165, 1.54) is 6.08 Å².